The third-order valence-corrected chi connectivity index (χ3v) is 7.04. The van der Waals surface area contributed by atoms with Gasteiger partial charge in [-0.2, -0.15) is 5.10 Å². The number of guanidine groups is 1. The minimum Gasteiger partial charge on any atom is -0.377 e. The normalized spacial score (nSPS) is 33.7. The highest BCUT2D eigenvalue weighted by atomic mass is 127. The summed E-state index contributed by atoms with van der Waals surface area (Å²) in [6.45, 7) is 4.69. The molecule has 27 heavy (non-hydrogen) atoms. The van der Waals surface area contributed by atoms with Crippen LogP contribution in [0.2, 0.25) is 0 Å². The van der Waals surface area contributed by atoms with Crippen molar-refractivity contribution >= 4 is 29.9 Å². The quantitative estimate of drug-likeness (QED) is 0.389. The van der Waals surface area contributed by atoms with Gasteiger partial charge in [-0.05, 0) is 32.6 Å². The van der Waals surface area contributed by atoms with E-state index in [1.54, 1.807) is 6.33 Å². The van der Waals surface area contributed by atoms with Crippen LogP contribution in [0.3, 0.4) is 0 Å². The Morgan fingerprint density at radius 1 is 1.33 bits per heavy atom. The minimum atomic E-state index is 0. The number of aryl methyl sites for hydroxylation is 1. The molecule has 2 saturated carbocycles. The number of ether oxygens (including phenoxy) is 1. The fraction of sp³-hybridized carbons (Fsp3) is 0.842. The molecule has 150 valence electrons. The van der Waals surface area contributed by atoms with Crippen LogP contribution in [-0.2, 0) is 17.7 Å². The summed E-state index contributed by atoms with van der Waals surface area (Å²) in [4.78, 5) is 9.09. The van der Waals surface area contributed by atoms with E-state index in [1.807, 2.05) is 4.68 Å². The molecule has 2 aliphatic heterocycles. The van der Waals surface area contributed by atoms with Crippen molar-refractivity contribution in [1.29, 1.82) is 0 Å². The third-order valence-electron chi connectivity index (χ3n) is 7.04. The van der Waals surface area contributed by atoms with Crippen molar-refractivity contribution in [1.82, 2.24) is 25.4 Å². The fourth-order valence-corrected chi connectivity index (χ4v) is 5.89. The smallest absolute Gasteiger partial charge is 0.191 e. The largest absolute Gasteiger partial charge is 0.377 e. The molecule has 1 aromatic heterocycles. The standard InChI is InChI=1S/C19H30N6O.HI/c1-2-20-18(23-13-5-6-15-21-12-22-25(15)11-13)24-16-14-7-10-26-17(14)19(16)8-3-4-9-19;/h12-14,16-17H,2-11H2,1H3,(H2,20,23,24);1H. The molecule has 7 nitrogen and oxygen atoms in total. The molecule has 1 aromatic rings. The van der Waals surface area contributed by atoms with E-state index in [0.717, 1.165) is 44.3 Å². The molecule has 0 amide bonds. The van der Waals surface area contributed by atoms with Gasteiger partial charge in [0.1, 0.15) is 12.2 Å². The first-order valence-corrected chi connectivity index (χ1v) is 10.4. The van der Waals surface area contributed by atoms with Gasteiger partial charge in [0.2, 0.25) is 0 Å². The summed E-state index contributed by atoms with van der Waals surface area (Å²) >= 11 is 0. The van der Waals surface area contributed by atoms with Gasteiger partial charge in [0.25, 0.3) is 0 Å². The highest BCUT2D eigenvalue weighted by molar-refractivity contribution is 14.0. The van der Waals surface area contributed by atoms with Crippen LogP contribution in [0.1, 0.15) is 51.3 Å². The van der Waals surface area contributed by atoms with Crippen molar-refractivity contribution in [3.05, 3.63) is 12.2 Å². The number of nitrogens with zero attached hydrogens (tertiary/aromatic N) is 4. The number of aromatic nitrogens is 3. The van der Waals surface area contributed by atoms with Gasteiger partial charge in [-0.1, -0.05) is 12.8 Å². The summed E-state index contributed by atoms with van der Waals surface area (Å²) < 4.78 is 8.14. The molecule has 4 atom stereocenters. The highest BCUT2D eigenvalue weighted by Gasteiger charge is 2.65. The zero-order chi connectivity index (χ0) is 17.6. The molecule has 2 N–H and O–H groups in total. The number of rotatable bonds is 3. The number of aliphatic imine (C=N–C) groups is 1. The number of fused-ring (bicyclic) bond motifs is 3. The highest BCUT2D eigenvalue weighted by Crippen LogP contribution is 2.60. The molecule has 0 radical (unpaired) electrons. The summed E-state index contributed by atoms with van der Waals surface area (Å²) in [6, 6.07) is 0.873. The van der Waals surface area contributed by atoms with Crippen molar-refractivity contribution in [3.8, 4) is 0 Å². The molecule has 2 aliphatic carbocycles. The van der Waals surface area contributed by atoms with Crippen LogP contribution >= 0.6 is 24.0 Å². The maximum absolute atomic E-state index is 6.12. The lowest BCUT2D eigenvalue weighted by atomic mass is 9.54. The predicted molar refractivity (Wildman–Crippen MR) is 114 cm³/mol. The van der Waals surface area contributed by atoms with Gasteiger partial charge < -0.3 is 15.4 Å². The van der Waals surface area contributed by atoms with E-state index in [9.17, 15) is 0 Å². The summed E-state index contributed by atoms with van der Waals surface area (Å²) in [7, 11) is 0. The second-order valence-corrected chi connectivity index (χ2v) is 8.37. The number of halogens is 1. The third kappa shape index (κ3) is 3.26. The van der Waals surface area contributed by atoms with Gasteiger partial charge >= 0.3 is 0 Å². The lowest BCUT2D eigenvalue weighted by Gasteiger charge is -2.57. The Bertz CT molecular complexity index is 685. The van der Waals surface area contributed by atoms with Crippen LogP contribution in [0.15, 0.2) is 11.3 Å². The molecule has 4 aliphatic rings. The summed E-state index contributed by atoms with van der Waals surface area (Å²) in [5.74, 6) is 2.73. The van der Waals surface area contributed by atoms with Crippen molar-refractivity contribution in [2.45, 2.75) is 76.6 Å². The fourth-order valence-electron chi connectivity index (χ4n) is 5.89. The maximum Gasteiger partial charge on any atom is 0.191 e. The minimum absolute atomic E-state index is 0. The Balaban J connectivity index is 0.00000180. The Morgan fingerprint density at radius 2 is 2.19 bits per heavy atom. The van der Waals surface area contributed by atoms with E-state index < -0.39 is 0 Å². The van der Waals surface area contributed by atoms with Crippen molar-refractivity contribution < 1.29 is 4.74 Å². The first-order chi connectivity index (χ1) is 12.8. The molecule has 5 rings (SSSR count). The van der Waals surface area contributed by atoms with Crippen LogP contribution in [0.25, 0.3) is 0 Å². The molecule has 0 bridgehead atoms. The number of hydrogen-bond acceptors (Lipinski definition) is 4. The maximum atomic E-state index is 6.12. The van der Waals surface area contributed by atoms with Gasteiger partial charge in [-0.15, -0.1) is 24.0 Å². The second kappa shape index (κ2) is 7.85. The summed E-state index contributed by atoms with van der Waals surface area (Å²) in [5.41, 5.74) is 0.350. The van der Waals surface area contributed by atoms with Crippen LogP contribution in [-0.4, -0.2) is 52.1 Å². The first-order valence-electron chi connectivity index (χ1n) is 10.4. The zero-order valence-corrected chi connectivity index (χ0v) is 18.4. The average molecular weight is 486 g/mol. The van der Waals surface area contributed by atoms with Crippen LogP contribution in [0, 0.1) is 11.3 Å². The average Bonchev–Trinajstić information content (AvgIpc) is 3.37. The molecule has 8 heteroatoms. The summed E-state index contributed by atoms with van der Waals surface area (Å²) in [6.07, 6.45) is 10.7. The van der Waals surface area contributed by atoms with E-state index in [2.05, 4.69) is 27.6 Å². The van der Waals surface area contributed by atoms with Crippen molar-refractivity contribution in [3.63, 3.8) is 0 Å². The van der Waals surface area contributed by atoms with E-state index in [0.29, 0.717) is 29.5 Å². The molecule has 3 heterocycles. The van der Waals surface area contributed by atoms with Gasteiger partial charge in [-0.3, -0.25) is 4.99 Å². The van der Waals surface area contributed by atoms with Gasteiger partial charge in [0.05, 0.1) is 12.6 Å². The van der Waals surface area contributed by atoms with Gasteiger partial charge in [-0.25, -0.2) is 9.67 Å². The van der Waals surface area contributed by atoms with Crippen LogP contribution in [0.4, 0.5) is 0 Å². The molecule has 1 spiro atoms. The summed E-state index contributed by atoms with van der Waals surface area (Å²) in [5, 5.41) is 11.9. The van der Waals surface area contributed by atoms with E-state index in [-0.39, 0.29) is 24.0 Å². The number of nitrogens with one attached hydrogen (secondary N) is 2. The Kier molecular flexibility index (Phi) is 5.64. The lowest BCUT2D eigenvalue weighted by Crippen LogP contribution is -2.69. The van der Waals surface area contributed by atoms with Crippen LogP contribution < -0.4 is 10.6 Å². The van der Waals surface area contributed by atoms with Crippen molar-refractivity contribution in [2.75, 3.05) is 13.2 Å². The van der Waals surface area contributed by atoms with Crippen LogP contribution in [0.5, 0.6) is 0 Å². The molecule has 0 aromatic carbocycles. The molecule has 1 saturated heterocycles. The monoisotopic (exact) mass is 486 g/mol. The van der Waals surface area contributed by atoms with E-state index in [1.165, 1.54) is 32.1 Å². The molecule has 4 unspecified atom stereocenters. The SMILES string of the molecule is CCN=C(NC1CCc2ncnn2C1)NC1C2CCOC2C12CCCC2.I. The topological polar surface area (TPSA) is 76.4 Å². The molecule has 3 fully saturated rings. The zero-order valence-electron chi connectivity index (χ0n) is 16.1. The Hall–Kier alpha value is -0.900. The molecular weight excluding hydrogens is 455 g/mol. The van der Waals surface area contributed by atoms with E-state index in [4.69, 9.17) is 9.73 Å². The van der Waals surface area contributed by atoms with Gasteiger partial charge in [0, 0.05) is 43.0 Å². The Labute approximate surface area is 178 Å². The van der Waals surface area contributed by atoms with Gasteiger partial charge in [0.15, 0.2) is 5.96 Å². The molecular formula is C19H31IN6O. The number of hydrogen-bond donors (Lipinski definition) is 2. The van der Waals surface area contributed by atoms with Crippen molar-refractivity contribution in [2.24, 2.45) is 16.3 Å². The van der Waals surface area contributed by atoms with E-state index >= 15 is 0 Å². The first kappa shape index (κ1) is 19.4. The Morgan fingerprint density at radius 3 is 3.00 bits per heavy atom. The second-order valence-electron chi connectivity index (χ2n) is 8.37. The predicted octanol–water partition coefficient (Wildman–Crippen LogP) is 2.11. The lowest BCUT2D eigenvalue weighted by molar-refractivity contribution is -0.125.